The molecule has 0 aliphatic heterocycles. The van der Waals surface area contributed by atoms with E-state index in [4.69, 9.17) is 17.3 Å². The molecule has 0 aliphatic rings. The Balaban J connectivity index is 1.64. The van der Waals surface area contributed by atoms with Crippen molar-refractivity contribution in [2.45, 2.75) is 17.3 Å². The average molecular weight is 496 g/mol. The molecule has 0 bridgehead atoms. The first-order valence-corrected chi connectivity index (χ1v) is 11.4. The second-order valence-electron chi connectivity index (χ2n) is 7.26. The topological polar surface area (TPSA) is 103 Å². The number of halogens is 2. The highest BCUT2D eigenvalue weighted by Gasteiger charge is 2.24. The van der Waals surface area contributed by atoms with Crippen LogP contribution in [0.5, 0.6) is 0 Å². The van der Waals surface area contributed by atoms with Crippen molar-refractivity contribution in [2.24, 2.45) is 5.73 Å². The summed E-state index contributed by atoms with van der Waals surface area (Å²) in [6.45, 7) is 1.70. The molecular formula is C24H19ClFN5O2S. The van der Waals surface area contributed by atoms with E-state index in [1.54, 1.807) is 66.1 Å². The number of aromatic nitrogens is 3. The van der Waals surface area contributed by atoms with Gasteiger partial charge in [-0.2, -0.15) is 0 Å². The number of nitrogens with two attached hydrogens (primary N) is 1. The van der Waals surface area contributed by atoms with Crippen molar-refractivity contribution < 1.29 is 14.0 Å². The molecule has 4 rings (SSSR count). The van der Waals surface area contributed by atoms with Crippen molar-refractivity contribution in [1.29, 1.82) is 0 Å². The SMILES string of the molecule is CC(Sc1nnc(-c2ccccc2Cl)n1-c1ccccc1F)C(=O)Nc1ccc(C(N)=O)cc1. The number of hydrogen-bond acceptors (Lipinski definition) is 5. The predicted octanol–water partition coefficient (Wildman–Crippen LogP) is 4.95. The van der Waals surface area contributed by atoms with Gasteiger partial charge in [0, 0.05) is 16.8 Å². The molecular weight excluding hydrogens is 477 g/mol. The Morgan fingerprint density at radius 3 is 2.38 bits per heavy atom. The third-order valence-corrected chi connectivity index (χ3v) is 6.30. The summed E-state index contributed by atoms with van der Waals surface area (Å²) in [4.78, 5) is 24.0. The smallest absolute Gasteiger partial charge is 0.248 e. The molecule has 34 heavy (non-hydrogen) atoms. The normalized spacial score (nSPS) is 11.7. The minimum absolute atomic E-state index is 0.236. The highest BCUT2D eigenvalue weighted by Crippen LogP contribution is 2.34. The number of carbonyl (C=O) groups excluding carboxylic acids is 2. The van der Waals surface area contributed by atoms with Crippen molar-refractivity contribution in [2.75, 3.05) is 5.32 Å². The number of primary amides is 1. The predicted molar refractivity (Wildman–Crippen MR) is 131 cm³/mol. The van der Waals surface area contributed by atoms with Gasteiger partial charge in [0.2, 0.25) is 11.8 Å². The first kappa shape index (κ1) is 23.5. The first-order chi connectivity index (χ1) is 16.3. The number of carbonyl (C=O) groups is 2. The van der Waals surface area contributed by atoms with Crippen molar-refractivity contribution in [3.8, 4) is 17.1 Å². The summed E-state index contributed by atoms with van der Waals surface area (Å²) in [5.74, 6) is -0.972. The fraction of sp³-hybridized carbons (Fsp3) is 0.0833. The lowest BCUT2D eigenvalue weighted by Crippen LogP contribution is -2.23. The van der Waals surface area contributed by atoms with Crippen LogP contribution < -0.4 is 11.1 Å². The average Bonchev–Trinajstić information content (AvgIpc) is 3.22. The quantitative estimate of drug-likeness (QED) is 0.353. The van der Waals surface area contributed by atoms with Gasteiger partial charge in [0.1, 0.15) is 5.82 Å². The molecule has 3 aromatic carbocycles. The maximum absolute atomic E-state index is 14.8. The van der Waals surface area contributed by atoms with Crippen LogP contribution in [0, 0.1) is 5.82 Å². The van der Waals surface area contributed by atoms with E-state index in [0.717, 1.165) is 11.8 Å². The molecule has 3 N–H and O–H groups in total. The Bertz CT molecular complexity index is 1360. The molecule has 0 aliphatic carbocycles. The number of nitrogens with one attached hydrogen (secondary N) is 1. The number of para-hydroxylation sites is 1. The van der Waals surface area contributed by atoms with Gasteiger partial charge in [-0.05, 0) is 55.5 Å². The van der Waals surface area contributed by atoms with E-state index in [2.05, 4.69) is 15.5 Å². The monoisotopic (exact) mass is 495 g/mol. The standard InChI is InChI=1S/C24H19ClFN5O2S/c1-14(23(33)28-16-12-10-15(11-13-16)21(27)32)34-24-30-29-22(17-6-2-3-7-18(17)25)31(24)20-9-5-4-8-19(20)26/h2-14H,1H3,(H2,27,32)(H,28,33). The van der Waals surface area contributed by atoms with Gasteiger partial charge in [-0.1, -0.05) is 47.6 Å². The lowest BCUT2D eigenvalue weighted by atomic mass is 10.2. The van der Waals surface area contributed by atoms with Gasteiger partial charge in [-0.15, -0.1) is 10.2 Å². The number of benzene rings is 3. The molecule has 172 valence electrons. The molecule has 1 atom stereocenters. The van der Waals surface area contributed by atoms with E-state index in [1.807, 2.05) is 0 Å². The van der Waals surface area contributed by atoms with E-state index in [1.165, 1.54) is 18.2 Å². The maximum Gasteiger partial charge on any atom is 0.248 e. The Hall–Kier alpha value is -3.69. The molecule has 1 heterocycles. The van der Waals surface area contributed by atoms with E-state index in [0.29, 0.717) is 32.8 Å². The van der Waals surface area contributed by atoms with Crippen molar-refractivity contribution in [3.05, 3.63) is 89.2 Å². The third-order valence-electron chi connectivity index (χ3n) is 4.93. The van der Waals surface area contributed by atoms with Crippen LogP contribution in [-0.2, 0) is 4.79 Å². The zero-order valence-electron chi connectivity index (χ0n) is 17.9. The van der Waals surface area contributed by atoms with Gasteiger partial charge >= 0.3 is 0 Å². The summed E-state index contributed by atoms with van der Waals surface area (Å²) >= 11 is 7.49. The molecule has 7 nitrogen and oxygen atoms in total. The van der Waals surface area contributed by atoms with Crippen LogP contribution in [-0.4, -0.2) is 31.8 Å². The highest BCUT2D eigenvalue weighted by atomic mass is 35.5. The molecule has 0 fully saturated rings. The summed E-state index contributed by atoms with van der Waals surface area (Å²) in [6, 6.07) is 19.5. The Labute approximate surface area is 204 Å². The second kappa shape index (κ2) is 10.1. The molecule has 0 spiro atoms. The lowest BCUT2D eigenvalue weighted by molar-refractivity contribution is -0.115. The van der Waals surface area contributed by atoms with Crippen molar-refractivity contribution >= 4 is 40.9 Å². The summed E-state index contributed by atoms with van der Waals surface area (Å²) < 4.78 is 16.3. The number of thioether (sulfide) groups is 1. The number of amides is 2. The Kier molecular flexibility index (Phi) is 6.95. The van der Waals surface area contributed by atoms with E-state index >= 15 is 0 Å². The van der Waals surface area contributed by atoms with Crippen LogP contribution in [0.4, 0.5) is 10.1 Å². The fourth-order valence-electron chi connectivity index (χ4n) is 3.19. The fourth-order valence-corrected chi connectivity index (χ4v) is 4.27. The van der Waals surface area contributed by atoms with Gasteiger partial charge in [-0.3, -0.25) is 14.2 Å². The lowest BCUT2D eigenvalue weighted by Gasteiger charge is -2.15. The van der Waals surface area contributed by atoms with Crippen LogP contribution in [0.1, 0.15) is 17.3 Å². The van der Waals surface area contributed by atoms with Gasteiger partial charge in [0.25, 0.3) is 0 Å². The Morgan fingerprint density at radius 1 is 1.03 bits per heavy atom. The second-order valence-corrected chi connectivity index (χ2v) is 8.98. The van der Waals surface area contributed by atoms with Crippen molar-refractivity contribution in [3.63, 3.8) is 0 Å². The van der Waals surface area contributed by atoms with Crippen LogP contribution in [0.25, 0.3) is 17.1 Å². The zero-order chi connectivity index (χ0) is 24.2. The zero-order valence-corrected chi connectivity index (χ0v) is 19.5. The molecule has 0 radical (unpaired) electrons. The maximum atomic E-state index is 14.8. The number of rotatable bonds is 7. The van der Waals surface area contributed by atoms with E-state index < -0.39 is 17.0 Å². The molecule has 10 heteroatoms. The van der Waals surface area contributed by atoms with E-state index in [-0.39, 0.29) is 11.6 Å². The molecule has 0 saturated heterocycles. The summed E-state index contributed by atoms with van der Waals surface area (Å²) in [5.41, 5.74) is 6.91. The summed E-state index contributed by atoms with van der Waals surface area (Å²) in [6.07, 6.45) is 0. The van der Waals surface area contributed by atoms with Gasteiger partial charge in [0.05, 0.1) is 16.0 Å². The Morgan fingerprint density at radius 2 is 1.71 bits per heavy atom. The summed E-state index contributed by atoms with van der Waals surface area (Å²) in [7, 11) is 0. The molecule has 1 unspecified atom stereocenters. The number of hydrogen-bond donors (Lipinski definition) is 2. The molecule has 2 amide bonds. The molecule has 4 aromatic rings. The minimum atomic E-state index is -0.607. The van der Waals surface area contributed by atoms with Gasteiger partial charge < -0.3 is 11.1 Å². The van der Waals surface area contributed by atoms with Gasteiger partial charge in [0.15, 0.2) is 11.0 Å². The molecule has 1 aromatic heterocycles. The van der Waals surface area contributed by atoms with Crippen LogP contribution in [0.15, 0.2) is 78.0 Å². The van der Waals surface area contributed by atoms with Crippen LogP contribution in [0.2, 0.25) is 5.02 Å². The van der Waals surface area contributed by atoms with Gasteiger partial charge in [-0.25, -0.2) is 4.39 Å². The molecule has 0 saturated carbocycles. The van der Waals surface area contributed by atoms with Crippen LogP contribution >= 0.6 is 23.4 Å². The highest BCUT2D eigenvalue weighted by molar-refractivity contribution is 8.00. The largest absolute Gasteiger partial charge is 0.366 e. The number of anilines is 1. The first-order valence-electron chi connectivity index (χ1n) is 10.2. The van der Waals surface area contributed by atoms with Crippen molar-refractivity contribution in [1.82, 2.24) is 14.8 Å². The number of nitrogens with zero attached hydrogens (tertiary/aromatic N) is 3. The minimum Gasteiger partial charge on any atom is -0.366 e. The third kappa shape index (κ3) is 4.95. The summed E-state index contributed by atoms with van der Waals surface area (Å²) in [5, 5.41) is 11.4. The van der Waals surface area contributed by atoms with E-state index in [9.17, 15) is 14.0 Å². The van der Waals surface area contributed by atoms with Crippen LogP contribution in [0.3, 0.4) is 0 Å².